The quantitative estimate of drug-likeness (QED) is 0.848. The lowest BCUT2D eigenvalue weighted by atomic mass is 9.98. The molecule has 1 unspecified atom stereocenters. The van der Waals surface area contributed by atoms with Gasteiger partial charge in [0.2, 0.25) is 0 Å². The first-order valence-electron chi connectivity index (χ1n) is 5.98. The second-order valence-electron chi connectivity index (χ2n) is 4.79. The number of carbonyl (C=O) groups is 2. The average Bonchev–Trinajstić information content (AvgIpc) is 2.66. The molecule has 1 aliphatic heterocycles. The Morgan fingerprint density at radius 1 is 1.61 bits per heavy atom. The van der Waals surface area contributed by atoms with Gasteiger partial charge >= 0.3 is 5.97 Å². The largest absolute Gasteiger partial charge is 0.478 e. The molecule has 6 heteroatoms. The summed E-state index contributed by atoms with van der Waals surface area (Å²) in [6.07, 6.45) is 1.91. The van der Waals surface area contributed by atoms with Gasteiger partial charge in [0.25, 0.3) is 0 Å². The molecule has 2 rings (SSSR count). The van der Waals surface area contributed by atoms with E-state index < -0.39 is 5.97 Å². The maximum Gasteiger partial charge on any atom is 0.339 e. The SMILES string of the molecule is CC1CN(Cc2c(C(=O)O)cnn2C)CCC1=O. The van der Waals surface area contributed by atoms with E-state index in [0.29, 0.717) is 31.7 Å². The predicted octanol–water partition coefficient (Wildman–Crippen LogP) is 0.529. The molecule has 0 spiro atoms. The Bertz CT molecular complexity index is 481. The Morgan fingerprint density at radius 2 is 2.33 bits per heavy atom. The van der Waals surface area contributed by atoms with E-state index >= 15 is 0 Å². The van der Waals surface area contributed by atoms with Crippen molar-refractivity contribution in [3.05, 3.63) is 17.5 Å². The summed E-state index contributed by atoms with van der Waals surface area (Å²) in [5, 5.41) is 13.1. The number of ketones is 1. The normalized spacial score (nSPS) is 21.2. The van der Waals surface area contributed by atoms with Crippen molar-refractivity contribution in [2.45, 2.75) is 19.9 Å². The molecule has 1 aliphatic rings. The number of Topliss-reactive ketones (excluding diaryl/α,β-unsaturated/α-hetero) is 1. The molecular weight excluding hydrogens is 234 g/mol. The zero-order valence-corrected chi connectivity index (χ0v) is 10.6. The fourth-order valence-corrected chi connectivity index (χ4v) is 2.28. The number of nitrogens with zero attached hydrogens (tertiary/aromatic N) is 3. The second-order valence-corrected chi connectivity index (χ2v) is 4.79. The van der Waals surface area contributed by atoms with Crippen LogP contribution in [0.3, 0.4) is 0 Å². The fourth-order valence-electron chi connectivity index (χ4n) is 2.28. The number of aromatic carboxylic acids is 1. The maximum atomic E-state index is 11.4. The van der Waals surface area contributed by atoms with Crippen LogP contribution in [0.1, 0.15) is 29.4 Å². The zero-order valence-electron chi connectivity index (χ0n) is 10.6. The molecule has 2 heterocycles. The van der Waals surface area contributed by atoms with Gasteiger partial charge in [-0.15, -0.1) is 0 Å². The van der Waals surface area contributed by atoms with Gasteiger partial charge < -0.3 is 5.11 Å². The molecule has 0 bridgehead atoms. The van der Waals surface area contributed by atoms with Gasteiger partial charge in [0.15, 0.2) is 0 Å². The van der Waals surface area contributed by atoms with Crippen LogP contribution in [0, 0.1) is 5.92 Å². The summed E-state index contributed by atoms with van der Waals surface area (Å²) in [5.41, 5.74) is 0.922. The average molecular weight is 251 g/mol. The van der Waals surface area contributed by atoms with Crippen molar-refractivity contribution in [3.8, 4) is 0 Å². The molecule has 0 amide bonds. The lowest BCUT2D eigenvalue weighted by Crippen LogP contribution is -2.39. The standard InChI is InChI=1S/C12H17N3O3/c1-8-6-15(4-3-11(8)16)7-10-9(12(17)18)5-13-14(10)2/h5,8H,3-4,6-7H2,1-2H3,(H,17,18). The predicted molar refractivity (Wildman–Crippen MR) is 64.2 cm³/mol. The molecule has 1 N–H and O–H groups in total. The first-order valence-corrected chi connectivity index (χ1v) is 5.98. The minimum atomic E-state index is -0.959. The summed E-state index contributed by atoms with van der Waals surface area (Å²) in [4.78, 5) is 24.6. The highest BCUT2D eigenvalue weighted by atomic mass is 16.4. The molecule has 1 saturated heterocycles. The van der Waals surface area contributed by atoms with Gasteiger partial charge in [0.05, 0.1) is 11.9 Å². The number of carboxylic acid groups (broad SMARTS) is 1. The third kappa shape index (κ3) is 2.43. The number of rotatable bonds is 3. The molecule has 1 fully saturated rings. The van der Waals surface area contributed by atoms with Crippen LogP contribution in [0.5, 0.6) is 0 Å². The number of hydrogen-bond donors (Lipinski definition) is 1. The van der Waals surface area contributed by atoms with Gasteiger partial charge in [-0.25, -0.2) is 4.79 Å². The number of hydrogen-bond acceptors (Lipinski definition) is 4. The summed E-state index contributed by atoms with van der Waals surface area (Å²) in [5.74, 6) is -0.644. The first kappa shape index (κ1) is 12.8. The van der Waals surface area contributed by atoms with Crippen LogP contribution in [0.25, 0.3) is 0 Å². The van der Waals surface area contributed by atoms with Crippen LogP contribution in [0.2, 0.25) is 0 Å². The molecule has 0 radical (unpaired) electrons. The van der Waals surface area contributed by atoms with Crippen molar-refractivity contribution in [2.24, 2.45) is 13.0 Å². The van der Waals surface area contributed by atoms with Crippen molar-refractivity contribution >= 4 is 11.8 Å². The van der Waals surface area contributed by atoms with Crippen LogP contribution >= 0.6 is 0 Å². The van der Waals surface area contributed by atoms with Crippen molar-refractivity contribution in [1.82, 2.24) is 14.7 Å². The maximum absolute atomic E-state index is 11.4. The molecule has 0 aromatic carbocycles. The van der Waals surface area contributed by atoms with Gasteiger partial charge in [-0.3, -0.25) is 14.4 Å². The summed E-state index contributed by atoms with van der Waals surface area (Å²) in [6, 6.07) is 0. The van der Waals surface area contributed by atoms with E-state index in [1.54, 1.807) is 11.7 Å². The molecular formula is C12H17N3O3. The lowest BCUT2D eigenvalue weighted by molar-refractivity contribution is -0.125. The highest BCUT2D eigenvalue weighted by Crippen LogP contribution is 2.17. The second kappa shape index (κ2) is 4.89. The van der Waals surface area contributed by atoms with E-state index in [4.69, 9.17) is 5.11 Å². The Morgan fingerprint density at radius 3 is 2.94 bits per heavy atom. The molecule has 0 aliphatic carbocycles. The highest BCUT2D eigenvalue weighted by Gasteiger charge is 2.25. The highest BCUT2D eigenvalue weighted by molar-refractivity contribution is 5.88. The monoisotopic (exact) mass is 251 g/mol. The summed E-state index contributed by atoms with van der Waals surface area (Å²) in [7, 11) is 1.74. The first-order chi connectivity index (χ1) is 8.49. The van der Waals surface area contributed by atoms with Gasteiger partial charge in [-0.2, -0.15) is 5.10 Å². The molecule has 1 aromatic rings. The molecule has 98 valence electrons. The number of aromatic nitrogens is 2. The third-order valence-electron chi connectivity index (χ3n) is 3.42. The van der Waals surface area contributed by atoms with Crippen LogP contribution in [0.4, 0.5) is 0 Å². The number of aryl methyl sites for hydroxylation is 1. The van der Waals surface area contributed by atoms with Crippen molar-refractivity contribution in [3.63, 3.8) is 0 Å². The zero-order chi connectivity index (χ0) is 13.3. The molecule has 6 nitrogen and oxygen atoms in total. The van der Waals surface area contributed by atoms with Crippen LogP contribution < -0.4 is 0 Å². The van der Waals surface area contributed by atoms with Gasteiger partial charge in [-0.05, 0) is 0 Å². The number of piperidine rings is 1. The number of carboxylic acids is 1. The Hall–Kier alpha value is -1.69. The number of carbonyl (C=O) groups excluding carboxylic acids is 1. The summed E-state index contributed by atoms with van der Waals surface area (Å²) >= 11 is 0. The van der Waals surface area contributed by atoms with Crippen LogP contribution in [-0.2, 0) is 18.4 Å². The third-order valence-corrected chi connectivity index (χ3v) is 3.42. The molecule has 1 aromatic heterocycles. The van der Waals surface area contributed by atoms with E-state index in [2.05, 4.69) is 10.00 Å². The van der Waals surface area contributed by atoms with E-state index in [9.17, 15) is 9.59 Å². The van der Waals surface area contributed by atoms with Crippen molar-refractivity contribution in [1.29, 1.82) is 0 Å². The van der Waals surface area contributed by atoms with Gasteiger partial charge in [0, 0.05) is 39.0 Å². The van der Waals surface area contributed by atoms with E-state index in [-0.39, 0.29) is 17.3 Å². The molecule has 0 saturated carbocycles. The Kier molecular flexibility index (Phi) is 3.47. The van der Waals surface area contributed by atoms with Crippen molar-refractivity contribution in [2.75, 3.05) is 13.1 Å². The Labute approximate surface area is 105 Å². The fraction of sp³-hybridized carbons (Fsp3) is 0.583. The van der Waals surface area contributed by atoms with Crippen LogP contribution in [-0.4, -0.2) is 44.6 Å². The van der Waals surface area contributed by atoms with Crippen molar-refractivity contribution < 1.29 is 14.7 Å². The lowest BCUT2D eigenvalue weighted by Gasteiger charge is -2.29. The smallest absolute Gasteiger partial charge is 0.339 e. The van der Waals surface area contributed by atoms with E-state index in [0.717, 1.165) is 0 Å². The Balaban J connectivity index is 2.12. The number of likely N-dealkylation sites (tertiary alicyclic amines) is 1. The van der Waals surface area contributed by atoms with Gasteiger partial charge in [0.1, 0.15) is 11.3 Å². The van der Waals surface area contributed by atoms with E-state index in [1.807, 2.05) is 6.92 Å². The minimum Gasteiger partial charge on any atom is -0.478 e. The molecule has 1 atom stereocenters. The topological polar surface area (TPSA) is 75.4 Å². The van der Waals surface area contributed by atoms with Gasteiger partial charge in [-0.1, -0.05) is 6.92 Å². The summed E-state index contributed by atoms with van der Waals surface area (Å²) in [6.45, 7) is 3.81. The van der Waals surface area contributed by atoms with E-state index in [1.165, 1.54) is 6.20 Å². The van der Waals surface area contributed by atoms with Crippen LogP contribution in [0.15, 0.2) is 6.20 Å². The molecule has 18 heavy (non-hydrogen) atoms. The summed E-state index contributed by atoms with van der Waals surface area (Å²) < 4.78 is 1.59. The minimum absolute atomic E-state index is 0.0280.